The van der Waals surface area contributed by atoms with Gasteiger partial charge in [0.2, 0.25) is 10.0 Å². The Hall–Kier alpha value is -2.26. The first kappa shape index (κ1) is 18.5. The fraction of sp³-hybridized carbons (Fsp3) is 0.471. The van der Waals surface area contributed by atoms with Crippen molar-refractivity contribution in [2.45, 2.75) is 44.2 Å². The van der Waals surface area contributed by atoms with Gasteiger partial charge in [-0.25, -0.2) is 22.7 Å². The second kappa shape index (κ2) is 7.55. The lowest BCUT2D eigenvalue weighted by Gasteiger charge is -2.18. The molecule has 1 aromatic heterocycles. The fourth-order valence-corrected chi connectivity index (χ4v) is 4.56. The number of hydrogen-bond acceptors (Lipinski definition) is 5. The van der Waals surface area contributed by atoms with Gasteiger partial charge in [0.15, 0.2) is 0 Å². The van der Waals surface area contributed by atoms with Gasteiger partial charge in [0.05, 0.1) is 11.3 Å². The monoisotopic (exact) mass is 378 g/mol. The summed E-state index contributed by atoms with van der Waals surface area (Å²) < 4.78 is 28.9. The van der Waals surface area contributed by atoms with Crippen LogP contribution >= 0.6 is 0 Å². The molecule has 140 valence electrons. The molecule has 3 rings (SSSR count). The van der Waals surface area contributed by atoms with Crippen LogP contribution in [0.1, 0.15) is 37.7 Å². The summed E-state index contributed by atoms with van der Waals surface area (Å²) in [6, 6.07) is 9.64. The molecule has 26 heavy (non-hydrogen) atoms. The lowest BCUT2D eigenvalue weighted by molar-refractivity contribution is 0.537. The van der Waals surface area contributed by atoms with Crippen molar-refractivity contribution < 1.29 is 8.42 Å². The van der Waals surface area contributed by atoms with E-state index in [1.807, 2.05) is 30.3 Å². The molecule has 1 aliphatic rings. The molecule has 0 amide bonds. The van der Waals surface area contributed by atoms with Crippen molar-refractivity contribution in [2.75, 3.05) is 5.75 Å². The number of benzene rings is 1. The molecule has 1 heterocycles. The van der Waals surface area contributed by atoms with E-state index in [1.165, 1.54) is 10.9 Å². The molecule has 0 bridgehead atoms. The Balaban J connectivity index is 1.46. The normalized spacial score (nSPS) is 15.7. The highest BCUT2D eigenvalue weighted by Crippen LogP contribution is 2.45. The third-order valence-electron chi connectivity index (χ3n) is 4.53. The molecule has 0 spiro atoms. The number of hydrogen-bond donors (Lipinski definition) is 2. The third-order valence-corrected chi connectivity index (χ3v) is 6.06. The molecular weight excluding hydrogens is 356 g/mol. The Bertz CT molecular complexity index is 962. The molecule has 1 saturated carbocycles. The molecule has 9 heteroatoms. The molecule has 1 aromatic carbocycles. The molecule has 0 atom stereocenters. The topological polar surface area (TPSA) is 114 Å². The minimum absolute atomic E-state index is 0.0559. The summed E-state index contributed by atoms with van der Waals surface area (Å²) in [5, 5.41) is 0. The van der Waals surface area contributed by atoms with Crippen LogP contribution in [-0.4, -0.2) is 28.7 Å². The van der Waals surface area contributed by atoms with Crippen LogP contribution in [0.3, 0.4) is 0 Å². The zero-order valence-corrected chi connectivity index (χ0v) is 15.2. The standard InChI is InChI=1S/C17H22N4O4S/c22-15-18-13-21(16(23)19-15)11-5-2-6-12-26(24,25)20-17(9-10-17)14-7-3-1-4-8-14/h1,3-4,7-8,13,20H,2,5-6,9-12H2,(H,19,22,23). The number of rotatable bonds is 9. The van der Waals surface area contributed by atoms with Gasteiger partial charge in [0.1, 0.15) is 6.33 Å². The van der Waals surface area contributed by atoms with E-state index in [0.29, 0.717) is 25.8 Å². The number of nitrogens with one attached hydrogen (secondary N) is 2. The predicted molar refractivity (Wildman–Crippen MR) is 97.2 cm³/mol. The van der Waals surface area contributed by atoms with Gasteiger partial charge < -0.3 is 0 Å². The molecular formula is C17H22N4O4S. The molecule has 1 fully saturated rings. The SMILES string of the molecule is O=c1ncn(CCCCCS(=O)(=O)NC2(c3ccccc3)CC2)c(=O)[nH]1. The van der Waals surface area contributed by atoms with Crippen LogP contribution in [0, 0.1) is 0 Å². The van der Waals surface area contributed by atoms with Gasteiger partial charge in [-0.1, -0.05) is 36.8 Å². The van der Waals surface area contributed by atoms with E-state index in [9.17, 15) is 18.0 Å². The van der Waals surface area contributed by atoms with E-state index in [4.69, 9.17) is 0 Å². The average Bonchev–Trinajstić information content (AvgIpc) is 3.37. The minimum Gasteiger partial charge on any atom is -0.284 e. The van der Waals surface area contributed by atoms with Crippen LogP contribution in [0.25, 0.3) is 0 Å². The van der Waals surface area contributed by atoms with E-state index in [-0.39, 0.29) is 5.75 Å². The number of nitrogens with zero attached hydrogens (tertiary/aromatic N) is 2. The van der Waals surface area contributed by atoms with Crippen LogP contribution < -0.4 is 16.1 Å². The molecule has 0 saturated heterocycles. The zero-order chi connectivity index (χ0) is 18.6. The fourth-order valence-electron chi connectivity index (χ4n) is 2.96. The lowest BCUT2D eigenvalue weighted by Crippen LogP contribution is -2.36. The van der Waals surface area contributed by atoms with E-state index < -0.39 is 26.9 Å². The number of aromatic amines is 1. The van der Waals surface area contributed by atoms with Crippen molar-refractivity contribution in [1.29, 1.82) is 0 Å². The van der Waals surface area contributed by atoms with Crippen LogP contribution in [0.15, 0.2) is 46.2 Å². The van der Waals surface area contributed by atoms with Gasteiger partial charge in [-0.05, 0) is 31.2 Å². The van der Waals surface area contributed by atoms with Crippen molar-refractivity contribution in [3.8, 4) is 0 Å². The summed E-state index contributed by atoms with van der Waals surface area (Å²) in [6.07, 6.45) is 4.64. The Morgan fingerprint density at radius 2 is 1.85 bits per heavy atom. The molecule has 2 N–H and O–H groups in total. The van der Waals surface area contributed by atoms with Crippen molar-refractivity contribution in [2.24, 2.45) is 0 Å². The van der Waals surface area contributed by atoms with Crippen LogP contribution in [0.2, 0.25) is 0 Å². The number of aryl methyl sites for hydroxylation is 1. The number of H-pyrrole nitrogens is 1. The first-order valence-electron chi connectivity index (χ1n) is 8.63. The number of aromatic nitrogens is 3. The quantitative estimate of drug-likeness (QED) is 0.624. The third kappa shape index (κ3) is 4.67. The van der Waals surface area contributed by atoms with Gasteiger partial charge in [-0.2, -0.15) is 4.98 Å². The highest BCUT2D eigenvalue weighted by atomic mass is 32.2. The van der Waals surface area contributed by atoms with Gasteiger partial charge in [0.25, 0.3) is 0 Å². The molecule has 1 aliphatic carbocycles. The summed E-state index contributed by atoms with van der Waals surface area (Å²) in [5.41, 5.74) is -0.600. The minimum atomic E-state index is -3.36. The van der Waals surface area contributed by atoms with E-state index in [1.54, 1.807) is 0 Å². The van der Waals surface area contributed by atoms with Crippen molar-refractivity contribution in [1.82, 2.24) is 19.3 Å². The first-order valence-corrected chi connectivity index (χ1v) is 10.3. The summed E-state index contributed by atoms with van der Waals surface area (Å²) in [4.78, 5) is 28.0. The maximum absolute atomic E-state index is 12.4. The largest absolute Gasteiger partial charge is 0.350 e. The molecule has 8 nitrogen and oxygen atoms in total. The number of sulfonamides is 1. The van der Waals surface area contributed by atoms with Crippen molar-refractivity contribution >= 4 is 10.0 Å². The van der Waals surface area contributed by atoms with Gasteiger partial charge in [-0.3, -0.25) is 9.55 Å². The summed E-state index contributed by atoms with van der Waals surface area (Å²) in [7, 11) is -3.36. The molecule has 0 unspecified atom stereocenters. The van der Waals surface area contributed by atoms with E-state index >= 15 is 0 Å². The summed E-state index contributed by atoms with van der Waals surface area (Å²) >= 11 is 0. The zero-order valence-electron chi connectivity index (χ0n) is 14.3. The molecule has 0 radical (unpaired) electrons. The summed E-state index contributed by atoms with van der Waals surface area (Å²) in [5.74, 6) is 0.0559. The van der Waals surface area contributed by atoms with Crippen LogP contribution in [0.4, 0.5) is 0 Å². The Labute approximate surface area is 151 Å². The Morgan fingerprint density at radius 3 is 2.50 bits per heavy atom. The highest BCUT2D eigenvalue weighted by molar-refractivity contribution is 7.89. The number of unbranched alkanes of at least 4 members (excludes halogenated alkanes) is 2. The van der Waals surface area contributed by atoms with Crippen LogP contribution in [0.5, 0.6) is 0 Å². The molecule has 2 aromatic rings. The predicted octanol–water partition coefficient (Wildman–Crippen LogP) is 0.711. The van der Waals surface area contributed by atoms with Crippen molar-refractivity contribution in [3.63, 3.8) is 0 Å². The first-order chi connectivity index (χ1) is 12.4. The molecule has 0 aliphatic heterocycles. The van der Waals surface area contributed by atoms with E-state index in [2.05, 4.69) is 14.7 Å². The summed E-state index contributed by atoms with van der Waals surface area (Å²) in [6.45, 7) is 0.393. The van der Waals surface area contributed by atoms with Gasteiger partial charge in [-0.15, -0.1) is 0 Å². The van der Waals surface area contributed by atoms with Crippen molar-refractivity contribution in [3.05, 3.63) is 63.2 Å². The average molecular weight is 378 g/mol. The van der Waals surface area contributed by atoms with Gasteiger partial charge in [0, 0.05) is 6.54 Å². The van der Waals surface area contributed by atoms with Gasteiger partial charge >= 0.3 is 11.4 Å². The Morgan fingerprint density at radius 1 is 1.12 bits per heavy atom. The lowest BCUT2D eigenvalue weighted by atomic mass is 10.1. The second-order valence-electron chi connectivity index (χ2n) is 6.60. The van der Waals surface area contributed by atoms with Crippen LogP contribution in [-0.2, 0) is 22.1 Å². The second-order valence-corrected chi connectivity index (χ2v) is 8.44. The smallest absolute Gasteiger partial charge is 0.284 e. The Kier molecular flexibility index (Phi) is 5.38. The van der Waals surface area contributed by atoms with E-state index in [0.717, 1.165) is 18.4 Å². The maximum atomic E-state index is 12.4. The maximum Gasteiger partial charge on any atom is 0.350 e. The highest BCUT2D eigenvalue weighted by Gasteiger charge is 2.46.